The molecule has 1 aromatic carbocycles. The first-order chi connectivity index (χ1) is 7.63. The minimum Gasteiger partial charge on any atom is -0.370 e. The lowest BCUT2D eigenvalue weighted by Gasteiger charge is -2.21. The van der Waals surface area contributed by atoms with Crippen molar-refractivity contribution in [2.75, 3.05) is 18.0 Å². The smallest absolute Gasteiger partial charge is 0.126 e. The number of terminal acetylenes is 1. The molecule has 16 heavy (non-hydrogen) atoms. The molecule has 2 atom stereocenters. The van der Waals surface area contributed by atoms with Gasteiger partial charge in [-0.15, -0.1) is 6.42 Å². The molecule has 0 spiro atoms. The molecular weight excluding hydrogens is 225 g/mol. The van der Waals surface area contributed by atoms with Crippen LogP contribution in [0.3, 0.4) is 0 Å². The Balaban J connectivity index is 1.88. The Morgan fingerprint density at radius 1 is 1.50 bits per heavy atom. The SMILES string of the molecule is C#CC12CC1CN(c1cc(F)cc(Cl)c1)C2. The summed E-state index contributed by atoms with van der Waals surface area (Å²) in [5.41, 5.74) is 0.894. The van der Waals surface area contributed by atoms with Crippen molar-refractivity contribution in [3.8, 4) is 12.3 Å². The molecule has 1 heterocycles. The molecule has 3 rings (SSSR count). The summed E-state index contributed by atoms with van der Waals surface area (Å²) in [4.78, 5) is 2.13. The molecule has 1 nitrogen and oxygen atoms in total. The molecule has 0 N–H and O–H groups in total. The second-order valence-electron chi connectivity index (χ2n) is 4.71. The Morgan fingerprint density at radius 3 is 2.94 bits per heavy atom. The van der Waals surface area contributed by atoms with Crippen LogP contribution in [0.25, 0.3) is 0 Å². The molecule has 2 unspecified atom stereocenters. The molecule has 2 aliphatic rings. The van der Waals surface area contributed by atoms with E-state index in [0.717, 1.165) is 25.2 Å². The Kier molecular flexibility index (Phi) is 1.96. The van der Waals surface area contributed by atoms with E-state index in [1.807, 2.05) is 0 Å². The fourth-order valence-corrected chi connectivity index (χ4v) is 2.84. The van der Waals surface area contributed by atoms with Gasteiger partial charge in [0.2, 0.25) is 0 Å². The van der Waals surface area contributed by atoms with Crippen LogP contribution in [0, 0.1) is 29.5 Å². The summed E-state index contributed by atoms with van der Waals surface area (Å²) in [6, 6.07) is 4.62. The molecule has 0 bridgehead atoms. The molecule has 1 saturated heterocycles. The highest BCUT2D eigenvalue weighted by Crippen LogP contribution is 2.57. The predicted octanol–water partition coefficient (Wildman–Crippen LogP) is 2.94. The molecule has 0 amide bonds. The van der Waals surface area contributed by atoms with Crippen molar-refractivity contribution < 1.29 is 4.39 Å². The summed E-state index contributed by atoms with van der Waals surface area (Å²) in [6.07, 6.45) is 6.65. The molecule has 3 heteroatoms. The molecule has 2 fully saturated rings. The van der Waals surface area contributed by atoms with Crippen LogP contribution < -0.4 is 4.90 Å². The zero-order chi connectivity index (χ0) is 11.3. The molecule has 0 radical (unpaired) electrons. The lowest BCUT2D eigenvalue weighted by molar-refractivity contribution is 0.626. The number of piperidine rings is 1. The first-order valence-electron chi connectivity index (χ1n) is 5.32. The van der Waals surface area contributed by atoms with Crippen molar-refractivity contribution in [3.05, 3.63) is 29.0 Å². The number of halogens is 2. The third-order valence-electron chi connectivity index (χ3n) is 3.65. The van der Waals surface area contributed by atoms with Gasteiger partial charge >= 0.3 is 0 Å². The quantitative estimate of drug-likeness (QED) is 0.677. The average Bonchev–Trinajstić information content (AvgIpc) is 2.80. The van der Waals surface area contributed by atoms with Gasteiger partial charge in [0.15, 0.2) is 0 Å². The molecular formula is C13H11ClFN. The Hall–Kier alpha value is -1.20. The normalized spacial score (nSPS) is 31.1. The van der Waals surface area contributed by atoms with Crippen molar-refractivity contribution in [3.63, 3.8) is 0 Å². The van der Waals surface area contributed by atoms with Crippen LogP contribution in [0.5, 0.6) is 0 Å². The van der Waals surface area contributed by atoms with E-state index in [-0.39, 0.29) is 11.2 Å². The van der Waals surface area contributed by atoms with Gasteiger partial charge in [0.1, 0.15) is 5.82 Å². The van der Waals surface area contributed by atoms with E-state index < -0.39 is 0 Å². The Bertz CT molecular complexity index is 473. The number of benzene rings is 1. The monoisotopic (exact) mass is 235 g/mol. The van der Waals surface area contributed by atoms with Crippen molar-refractivity contribution >= 4 is 17.3 Å². The van der Waals surface area contributed by atoms with Gasteiger partial charge in [-0.1, -0.05) is 17.5 Å². The largest absolute Gasteiger partial charge is 0.370 e. The zero-order valence-electron chi connectivity index (χ0n) is 8.71. The molecule has 82 valence electrons. The number of anilines is 1. The summed E-state index contributed by atoms with van der Waals surface area (Å²) in [7, 11) is 0. The first kappa shape index (κ1) is 9.99. The van der Waals surface area contributed by atoms with Crippen LogP contribution >= 0.6 is 11.6 Å². The highest BCUT2D eigenvalue weighted by molar-refractivity contribution is 6.30. The van der Waals surface area contributed by atoms with E-state index >= 15 is 0 Å². The number of fused-ring (bicyclic) bond motifs is 1. The number of nitrogens with zero attached hydrogens (tertiary/aromatic N) is 1. The maximum absolute atomic E-state index is 13.2. The highest BCUT2D eigenvalue weighted by Gasteiger charge is 2.59. The number of hydrogen-bond donors (Lipinski definition) is 0. The lowest BCUT2D eigenvalue weighted by atomic mass is 10.1. The maximum Gasteiger partial charge on any atom is 0.126 e. The Morgan fingerprint density at radius 2 is 2.31 bits per heavy atom. The highest BCUT2D eigenvalue weighted by atomic mass is 35.5. The predicted molar refractivity (Wildman–Crippen MR) is 63.0 cm³/mol. The minimum absolute atomic E-state index is 0.0544. The summed E-state index contributed by atoms with van der Waals surface area (Å²) in [5, 5.41) is 0.435. The van der Waals surface area contributed by atoms with Gasteiger partial charge in [-0.2, -0.15) is 0 Å². The molecule has 1 aromatic rings. The van der Waals surface area contributed by atoms with E-state index in [1.165, 1.54) is 12.1 Å². The zero-order valence-corrected chi connectivity index (χ0v) is 9.47. The van der Waals surface area contributed by atoms with Crippen molar-refractivity contribution in [2.45, 2.75) is 6.42 Å². The van der Waals surface area contributed by atoms with Crippen LogP contribution in [0.2, 0.25) is 5.02 Å². The topological polar surface area (TPSA) is 3.24 Å². The third-order valence-corrected chi connectivity index (χ3v) is 3.86. The molecule has 0 aromatic heterocycles. The standard InChI is InChI=1S/C13H11ClFN/c1-2-13-6-9(13)7-16(8-13)12-4-10(14)3-11(15)5-12/h1,3-5,9H,6-8H2. The number of rotatable bonds is 1. The van der Waals surface area contributed by atoms with Gasteiger partial charge in [-0.25, -0.2) is 4.39 Å². The second-order valence-corrected chi connectivity index (χ2v) is 5.15. The summed E-state index contributed by atoms with van der Waals surface area (Å²) in [6.45, 7) is 1.75. The van der Waals surface area contributed by atoms with Crippen molar-refractivity contribution in [2.24, 2.45) is 11.3 Å². The minimum atomic E-state index is -0.294. The van der Waals surface area contributed by atoms with E-state index in [4.69, 9.17) is 18.0 Å². The fourth-order valence-electron chi connectivity index (χ4n) is 2.63. The van der Waals surface area contributed by atoms with Gasteiger partial charge in [0.25, 0.3) is 0 Å². The molecule has 1 saturated carbocycles. The van der Waals surface area contributed by atoms with Crippen LogP contribution in [-0.2, 0) is 0 Å². The van der Waals surface area contributed by atoms with Gasteiger partial charge in [-0.3, -0.25) is 0 Å². The van der Waals surface area contributed by atoms with Crippen molar-refractivity contribution in [1.29, 1.82) is 0 Å². The summed E-state index contributed by atoms with van der Waals surface area (Å²) in [5.74, 6) is 3.16. The van der Waals surface area contributed by atoms with E-state index in [0.29, 0.717) is 10.9 Å². The maximum atomic E-state index is 13.2. The number of hydrogen-bond acceptors (Lipinski definition) is 1. The van der Waals surface area contributed by atoms with E-state index in [9.17, 15) is 4.39 Å². The van der Waals surface area contributed by atoms with E-state index in [2.05, 4.69) is 10.8 Å². The lowest BCUT2D eigenvalue weighted by Crippen LogP contribution is -2.24. The van der Waals surface area contributed by atoms with Crippen LogP contribution in [0.15, 0.2) is 18.2 Å². The van der Waals surface area contributed by atoms with Crippen LogP contribution in [0.1, 0.15) is 6.42 Å². The first-order valence-corrected chi connectivity index (χ1v) is 5.69. The molecule has 1 aliphatic carbocycles. The van der Waals surface area contributed by atoms with Gasteiger partial charge in [0, 0.05) is 23.8 Å². The summed E-state index contributed by atoms with van der Waals surface area (Å²) < 4.78 is 13.2. The van der Waals surface area contributed by atoms with Gasteiger partial charge in [-0.05, 0) is 30.5 Å². The van der Waals surface area contributed by atoms with Gasteiger partial charge < -0.3 is 4.90 Å². The fraction of sp³-hybridized carbons (Fsp3) is 0.385. The second kappa shape index (κ2) is 3.15. The van der Waals surface area contributed by atoms with E-state index in [1.54, 1.807) is 6.07 Å². The molecule has 1 aliphatic heterocycles. The summed E-state index contributed by atoms with van der Waals surface area (Å²) >= 11 is 5.84. The van der Waals surface area contributed by atoms with Gasteiger partial charge in [0.05, 0.1) is 5.41 Å². The average molecular weight is 236 g/mol. The van der Waals surface area contributed by atoms with Crippen LogP contribution in [0.4, 0.5) is 10.1 Å². The van der Waals surface area contributed by atoms with Crippen LogP contribution in [-0.4, -0.2) is 13.1 Å². The Labute approximate surface area is 99.2 Å². The third kappa shape index (κ3) is 1.39. The van der Waals surface area contributed by atoms with Crippen molar-refractivity contribution in [1.82, 2.24) is 0 Å².